The molecule has 0 fully saturated rings. The van der Waals surface area contributed by atoms with E-state index in [0.717, 1.165) is 12.3 Å². The first-order chi connectivity index (χ1) is 6.11. The fourth-order valence-electron chi connectivity index (χ4n) is 1.05. The maximum atomic E-state index is 11.4. The van der Waals surface area contributed by atoms with Crippen molar-refractivity contribution in [2.75, 3.05) is 12.3 Å². The molecule has 13 heavy (non-hydrogen) atoms. The van der Waals surface area contributed by atoms with E-state index in [1.54, 1.807) is 0 Å². The van der Waals surface area contributed by atoms with E-state index in [4.69, 9.17) is 0 Å². The summed E-state index contributed by atoms with van der Waals surface area (Å²) in [7, 11) is 0. The largest absolute Gasteiger partial charge is 0.307 e. The number of hydrogen-bond donors (Lipinski definition) is 1. The van der Waals surface area contributed by atoms with Gasteiger partial charge in [0.25, 0.3) is 0 Å². The van der Waals surface area contributed by atoms with Crippen LogP contribution in [0.1, 0.15) is 35.5 Å². The lowest BCUT2D eigenvalue weighted by atomic mass is 10.2. The van der Waals surface area contributed by atoms with Gasteiger partial charge in [-0.1, -0.05) is 27.7 Å². The van der Waals surface area contributed by atoms with E-state index in [1.165, 1.54) is 0 Å². The molecule has 1 N–H and O–H groups in total. The zero-order valence-electron chi connectivity index (χ0n) is 9.09. The van der Waals surface area contributed by atoms with Gasteiger partial charge in [-0.3, -0.25) is 4.79 Å². The number of ketones is 1. The van der Waals surface area contributed by atoms with Crippen molar-refractivity contribution in [2.45, 2.75) is 45.4 Å². The highest BCUT2D eigenvalue weighted by Crippen LogP contribution is 2.11. The van der Waals surface area contributed by atoms with Gasteiger partial charge in [-0.2, -0.15) is 11.8 Å². The molecule has 0 amide bonds. The van der Waals surface area contributed by atoms with Gasteiger partial charge in [0.1, 0.15) is 5.78 Å². The monoisotopic (exact) mass is 205 g/mol. The summed E-state index contributed by atoms with van der Waals surface area (Å²) in [6.07, 6.45) is 0.635. The number of nitrogens with one attached hydrogen (secondary N) is 1. The fraction of sp³-hybridized carbons (Fsp3) is 0.900. The van der Waals surface area contributed by atoms with Crippen LogP contribution in [0, 0.1) is 0 Å². The Labute approximate surface area is 87.3 Å². The average molecular weight is 205 g/mol. The molecule has 2 nitrogen and oxygen atoms in total. The third-order valence-electron chi connectivity index (χ3n) is 1.78. The third kappa shape index (κ3) is 6.11. The number of likely N-dealkylation sites (N-methyl/N-ethyl adjacent to an activating group) is 1. The highest BCUT2D eigenvalue weighted by molar-refractivity contribution is 7.99. The second-order valence-electron chi connectivity index (χ2n) is 3.31. The molecule has 0 aliphatic rings. The Hall–Kier alpha value is -0.0200. The smallest absolute Gasteiger partial charge is 0.150 e. The van der Waals surface area contributed by atoms with E-state index < -0.39 is 0 Å². The van der Waals surface area contributed by atoms with Crippen LogP contribution in [-0.2, 0) is 4.79 Å². The van der Waals surface area contributed by atoms with Gasteiger partial charge < -0.3 is 5.32 Å². The molecule has 0 aliphatic heterocycles. The molecule has 0 rings (SSSR count). The fourth-order valence-corrected chi connectivity index (χ4v) is 1.93. The van der Waals surface area contributed by atoms with Crippen molar-refractivity contribution >= 4 is 17.5 Å². The quantitative estimate of drug-likeness (QED) is 0.691. The lowest BCUT2D eigenvalue weighted by Gasteiger charge is -2.16. The van der Waals surface area contributed by atoms with E-state index in [1.807, 2.05) is 25.6 Å². The van der Waals surface area contributed by atoms with Gasteiger partial charge in [-0.25, -0.2) is 0 Å². The van der Waals surface area contributed by atoms with Gasteiger partial charge >= 0.3 is 0 Å². The van der Waals surface area contributed by atoms with Gasteiger partial charge in [0, 0.05) is 13.6 Å². The Morgan fingerprint density at radius 2 is 2.08 bits per heavy atom. The van der Waals surface area contributed by atoms with E-state index in [2.05, 4.69) is 19.2 Å². The first kappa shape index (κ1) is 13.0. The number of rotatable bonds is 7. The summed E-state index contributed by atoms with van der Waals surface area (Å²) in [4.78, 5) is 11.4. The predicted octanol–water partition coefficient (Wildman–Crippen LogP) is 2.33. The van der Waals surface area contributed by atoms with Crippen LogP contribution in [0.25, 0.3) is 0 Å². The van der Waals surface area contributed by atoms with Crippen LogP contribution in [0.15, 0.2) is 0 Å². The molecule has 0 spiro atoms. The molecular formula is C10H23NOS. The molecule has 1 unspecified atom stereocenters. The second kappa shape index (κ2) is 7.39. The number of carbonyl (C=O) groups excluding carboxylic acids is 1. The molecule has 0 saturated carbocycles. The van der Waals surface area contributed by atoms with Crippen molar-refractivity contribution < 1.29 is 6.22 Å². The van der Waals surface area contributed by atoms with Crippen molar-refractivity contribution in [3.8, 4) is 0 Å². The lowest BCUT2D eigenvalue weighted by Crippen LogP contribution is -2.38. The molecule has 1 atom stereocenters. The first-order valence-corrected chi connectivity index (χ1v) is 6.04. The highest BCUT2D eigenvalue weighted by atomic mass is 32.2. The number of carbonyl (C=O) groups is 1. The summed E-state index contributed by atoms with van der Waals surface area (Å²) in [5, 5.41) is 3.82. The summed E-state index contributed by atoms with van der Waals surface area (Å²) in [5.41, 5.74) is 0. The summed E-state index contributed by atoms with van der Waals surface area (Å²) < 4.78 is 0. The molecule has 0 aliphatic carbocycles. The number of hydrogen-bond acceptors (Lipinski definition) is 3. The molecule has 3 heteroatoms. The Kier molecular flexibility index (Phi) is 7.38. The molecular weight excluding hydrogens is 182 g/mol. The van der Waals surface area contributed by atoms with Crippen LogP contribution in [0.3, 0.4) is 0 Å². The third-order valence-corrected chi connectivity index (χ3v) is 2.98. The minimum atomic E-state index is 0. The van der Waals surface area contributed by atoms with E-state index in [9.17, 15) is 4.79 Å². The highest BCUT2D eigenvalue weighted by Gasteiger charge is 2.15. The SMILES string of the molecule is CCNC(CSC(C)C)C(=O)CC.[HH]. The molecule has 0 aromatic carbocycles. The second-order valence-corrected chi connectivity index (χ2v) is 4.92. The maximum Gasteiger partial charge on any atom is 0.150 e. The summed E-state index contributed by atoms with van der Waals surface area (Å²) in [6, 6.07) is 0.0578. The van der Waals surface area contributed by atoms with Crippen molar-refractivity contribution in [2.24, 2.45) is 0 Å². The van der Waals surface area contributed by atoms with Gasteiger partial charge in [-0.15, -0.1) is 0 Å². The number of thioether (sulfide) groups is 1. The minimum Gasteiger partial charge on any atom is -0.307 e. The molecule has 0 bridgehead atoms. The van der Waals surface area contributed by atoms with E-state index in [-0.39, 0.29) is 7.47 Å². The average Bonchev–Trinajstić information content (AvgIpc) is 2.10. The normalized spacial score (nSPS) is 13.3. The molecule has 0 heterocycles. The van der Waals surface area contributed by atoms with Crippen LogP contribution in [-0.4, -0.2) is 29.4 Å². The molecule has 80 valence electrons. The first-order valence-electron chi connectivity index (χ1n) is 4.99. The zero-order chi connectivity index (χ0) is 10.3. The molecule has 0 aromatic rings. The van der Waals surface area contributed by atoms with Gasteiger partial charge in [-0.05, 0) is 11.8 Å². The summed E-state index contributed by atoms with van der Waals surface area (Å²) in [5.74, 6) is 1.23. The summed E-state index contributed by atoms with van der Waals surface area (Å²) in [6.45, 7) is 9.14. The van der Waals surface area contributed by atoms with Crippen LogP contribution in [0.4, 0.5) is 0 Å². The van der Waals surface area contributed by atoms with E-state index in [0.29, 0.717) is 17.5 Å². The Bertz CT molecular complexity index is 153. The van der Waals surface area contributed by atoms with Crippen LogP contribution in [0.2, 0.25) is 0 Å². The van der Waals surface area contributed by atoms with Crippen molar-refractivity contribution in [3.63, 3.8) is 0 Å². The zero-order valence-corrected chi connectivity index (χ0v) is 9.91. The van der Waals surface area contributed by atoms with Gasteiger partial charge in [0.15, 0.2) is 0 Å². The lowest BCUT2D eigenvalue weighted by molar-refractivity contribution is -0.120. The van der Waals surface area contributed by atoms with Crippen molar-refractivity contribution in [1.29, 1.82) is 0 Å². The minimum absolute atomic E-state index is 0. The maximum absolute atomic E-state index is 11.4. The van der Waals surface area contributed by atoms with Crippen molar-refractivity contribution in [1.82, 2.24) is 5.32 Å². The Morgan fingerprint density at radius 3 is 2.46 bits per heavy atom. The topological polar surface area (TPSA) is 29.1 Å². The molecule has 0 radical (unpaired) electrons. The van der Waals surface area contributed by atoms with Crippen LogP contribution >= 0.6 is 11.8 Å². The number of Topliss-reactive ketones (excluding diaryl/α,β-unsaturated/α-hetero) is 1. The van der Waals surface area contributed by atoms with Crippen molar-refractivity contribution in [3.05, 3.63) is 0 Å². The van der Waals surface area contributed by atoms with Gasteiger partial charge in [0.05, 0.1) is 6.04 Å². The van der Waals surface area contributed by atoms with Crippen LogP contribution in [0.5, 0.6) is 0 Å². The standard InChI is InChI=1S/C10H21NOS.H2/c1-5-10(12)9(11-6-2)7-13-8(3)4;/h8-9,11H,5-7H2,1-4H3;1H. The summed E-state index contributed by atoms with van der Waals surface area (Å²) >= 11 is 1.84. The van der Waals surface area contributed by atoms with E-state index >= 15 is 0 Å². The van der Waals surface area contributed by atoms with Crippen LogP contribution < -0.4 is 5.32 Å². The predicted molar refractivity (Wildman–Crippen MR) is 62.5 cm³/mol. The molecule has 0 saturated heterocycles. The van der Waals surface area contributed by atoms with Gasteiger partial charge in [0.2, 0.25) is 0 Å². The Morgan fingerprint density at radius 1 is 1.46 bits per heavy atom. The molecule has 0 aromatic heterocycles. The Balaban J connectivity index is 0.